The summed E-state index contributed by atoms with van der Waals surface area (Å²) < 4.78 is 31.9. The van der Waals surface area contributed by atoms with Crippen LogP contribution in [0.25, 0.3) is 0 Å². The lowest BCUT2D eigenvalue weighted by atomic mass is 10.2. The molecule has 2 amide bonds. The van der Waals surface area contributed by atoms with Gasteiger partial charge < -0.3 is 19.9 Å². The van der Waals surface area contributed by atoms with Gasteiger partial charge in [-0.25, -0.2) is 8.42 Å². The molecule has 1 fully saturated rings. The summed E-state index contributed by atoms with van der Waals surface area (Å²) in [6.45, 7) is 5.40. The molecule has 0 saturated carbocycles. The highest BCUT2D eigenvalue weighted by atomic mass is 35.5. The number of ether oxygens (including phenoxy) is 1. The first kappa shape index (κ1) is 23.4. The van der Waals surface area contributed by atoms with Gasteiger partial charge in [0.15, 0.2) is 16.4 Å². The summed E-state index contributed by atoms with van der Waals surface area (Å²) in [5.41, 5.74) is 1.95. The number of fused-ring (bicyclic) bond motifs is 1. The van der Waals surface area contributed by atoms with E-state index in [1.807, 2.05) is 24.3 Å². The van der Waals surface area contributed by atoms with Gasteiger partial charge in [-0.05, 0) is 43.7 Å². The van der Waals surface area contributed by atoms with Crippen molar-refractivity contribution in [3.63, 3.8) is 0 Å². The van der Waals surface area contributed by atoms with E-state index < -0.39 is 15.1 Å². The van der Waals surface area contributed by atoms with E-state index in [0.29, 0.717) is 48.2 Å². The molecule has 176 valence electrons. The molecule has 0 spiro atoms. The Morgan fingerprint density at radius 2 is 1.91 bits per heavy atom. The van der Waals surface area contributed by atoms with Gasteiger partial charge in [0, 0.05) is 49.4 Å². The van der Waals surface area contributed by atoms with Crippen molar-refractivity contribution in [2.45, 2.75) is 30.4 Å². The van der Waals surface area contributed by atoms with Gasteiger partial charge in [-0.15, -0.1) is 0 Å². The molecule has 4 rings (SSSR count). The van der Waals surface area contributed by atoms with Crippen molar-refractivity contribution in [1.29, 1.82) is 0 Å². The number of halogens is 1. The zero-order valence-corrected chi connectivity index (χ0v) is 20.1. The SMILES string of the molecule is Cc1cc2c(cc1S(=O)(=O)[C@@H](C)CC(=O)N1CCN(c3cccc(Cl)c3)CC1)OCC(=O)N2. The molecule has 2 aromatic rings. The van der Waals surface area contributed by atoms with E-state index in [2.05, 4.69) is 10.2 Å². The number of benzene rings is 2. The standard InChI is InChI=1S/C23H26ClN3O5S/c1-15-10-19-20(32-14-22(28)25-19)13-21(15)33(30,31)16(2)11-23(29)27-8-6-26(7-9-27)18-5-3-4-17(24)12-18/h3-5,10,12-13,16H,6-9,11,14H2,1-2H3,(H,25,28)/t16-/m0/s1. The molecule has 1 saturated heterocycles. The molecule has 2 heterocycles. The van der Waals surface area contributed by atoms with Crippen molar-refractivity contribution in [3.05, 3.63) is 47.0 Å². The molecular formula is C23H26ClN3O5S. The fraction of sp³-hybridized carbons (Fsp3) is 0.391. The number of sulfone groups is 1. The molecular weight excluding hydrogens is 466 g/mol. The van der Waals surface area contributed by atoms with E-state index in [4.69, 9.17) is 16.3 Å². The number of piperazine rings is 1. The van der Waals surface area contributed by atoms with Gasteiger partial charge in [0.1, 0.15) is 5.75 Å². The molecule has 1 atom stereocenters. The van der Waals surface area contributed by atoms with Gasteiger partial charge in [-0.2, -0.15) is 0 Å². The van der Waals surface area contributed by atoms with Crippen LogP contribution in [0.2, 0.25) is 5.02 Å². The van der Waals surface area contributed by atoms with E-state index in [-0.39, 0.29) is 29.7 Å². The van der Waals surface area contributed by atoms with Gasteiger partial charge in [0.25, 0.3) is 5.91 Å². The number of nitrogens with one attached hydrogen (secondary N) is 1. The quantitative estimate of drug-likeness (QED) is 0.691. The van der Waals surface area contributed by atoms with Crippen molar-refractivity contribution in [2.24, 2.45) is 0 Å². The molecule has 8 nitrogen and oxygen atoms in total. The molecule has 0 aromatic heterocycles. The maximum Gasteiger partial charge on any atom is 0.262 e. The van der Waals surface area contributed by atoms with Crippen LogP contribution in [0, 0.1) is 6.92 Å². The van der Waals surface area contributed by atoms with Gasteiger partial charge in [-0.1, -0.05) is 17.7 Å². The highest BCUT2D eigenvalue weighted by molar-refractivity contribution is 7.92. The first-order valence-electron chi connectivity index (χ1n) is 10.7. The summed E-state index contributed by atoms with van der Waals surface area (Å²) in [4.78, 5) is 28.4. The van der Waals surface area contributed by atoms with Crippen LogP contribution in [0.5, 0.6) is 5.75 Å². The summed E-state index contributed by atoms with van der Waals surface area (Å²) >= 11 is 6.08. The van der Waals surface area contributed by atoms with Crippen LogP contribution in [-0.2, 0) is 19.4 Å². The fourth-order valence-electron chi connectivity index (χ4n) is 4.11. The monoisotopic (exact) mass is 491 g/mol. The maximum absolute atomic E-state index is 13.3. The summed E-state index contributed by atoms with van der Waals surface area (Å²) in [7, 11) is -3.77. The van der Waals surface area contributed by atoms with E-state index in [0.717, 1.165) is 5.69 Å². The largest absolute Gasteiger partial charge is 0.482 e. The Morgan fingerprint density at radius 1 is 1.18 bits per heavy atom. The topological polar surface area (TPSA) is 96.0 Å². The predicted molar refractivity (Wildman–Crippen MR) is 127 cm³/mol. The highest BCUT2D eigenvalue weighted by Gasteiger charge is 2.31. The Morgan fingerprint density at radius 3 is 2.61 bits per heavy atom. The van der Waals surface area contributed by atoms with Crippen molar-refractivity contribution < 1.29 is 22.7 Å². The molecule has 0 aliphatic carbocycles. The van der Waals surface area contributed by atoms with Gasteiger partial charge in [0.2, 0.25) is 5.91 Å². The predicted octanol–water partition coefficient (Wildman–Crippen LogP) is 2.88. The van der Waals surface area contributed by atoms with E-state index in [1.54, 1.807) is 24.8 Å². The fourth-order valence-corrected chi connectivity index (χ4v) is 5.87. The average molecular weight is 492 g/mol. The number of hydrogen-bond acceptors (Lipinski definition) is 6. The summed E-state index contributed by atoms with van der Waals surface area (Å²) in [6.07, 6.45) is -0.104. The molecule has 2 aromatic carbocycles. The first-order valence-corrected chi connectivity index (χ1v) is 12.7. The molecule has 33 heavy (non-hydrogen) atoms. The van der Waals surface area contributed by atoms with Crippen LogP contribution in [0.3, 0.4) is 0 Å². The Hall–Kier alpha value is -2.78. The minimum atomic E-state index is -3.77. The zero-order valence-electron chi connectivity index (χ0n) is 18.5. The number of carbonyl (C=O) groups excluding carboxylic acids is 2. The molecule has 0 bridgehead atoms. The molecule has 2 aliphatic rings. The third kappa shape index (κ3) is 4.94. The summed E-state index contributed by atoms with van der Waals surface area (Å²) in [6, 6.07) is 10.6. The molecule has 0 radical (unpaired) electrons. The van der Waals surface area contributed by atoms with Crippen molar-refractivity contribution >= 4 is 44.6 Å². The normalized spacial score (nSPS) is 17.1. The summed E-state index contributed by atoms with van der Waals surface area (Å²) in [5.74, 6) is -0.155. The summed E-state index contributed by atoms with van der Waals surface area (Å²) in [5, 5.41) is 2.44. The molecule has 2 aliphatic heterocycles. The number of hydrogen-bond donors (Lipinski definition) is 1. The van der Waals surface area contributed by atoms with Crippen LogP contribution in [0.15, 0.2) is 41.3 Å². The van der Waals surface area contributed by atoms with Crippen molar-refractivity contribution in [2.75, 3.05) is 43.0 Å². The van der Waals surface area contributed by atoms with Crippen LogP contribution in [0.4, 0.5) is 11.4 Å². The van der Waals surface area contributed by atoms with Crippen LogP contribution in [-0.4, -0.2) is 63.2 Å². The number of aryl methyl sites for hydroxylation is 1. The van der Waals surface area contributed by atoms with Crippen LogP contribution in [0.1, 0.15) is 18.9 Å². The number of carbonyl (C=O) groups is 2. The lowest BCUT2D eigenvalue weighted by Crippen LogP contribution is -2.49. The second-order valence-electron chi connectivity index (χ2n) is 8.36. The lowest BCUT2D eigenvalue weighted by Gasteiger charge is -2.36. The lowest BCUT2D eigenvalue weighted by molar-refractivity contribution is -0.131. The van der Waals surface area contributed by atoms with Gasteiger partial charge in [-0.3, -0.25) is 9.59 Å². The van der Waals surface area contributed by atoms with E-state index in [1.165, 1.54) is 6.07 Å². The second-order valence-corrected chi connectivity index (χ2v) is 11.1. The number of rotatable bonds is 5. The van der Waals surface area contributed by atoms with Gasteiger partial charge in [0.05, 0.1) is 15.8 Å². The highest BCUT2D eigenvalue weighted by Crippen LogP contribution is 2.34. The first-order chi connectivity index (χ1) is 15.6. The van der Waals surface area contributed by atoms with Crippen LogP contribution >= 0.6 is 11.6 Å². The minimum absolute atomic E-state index is 0.104. The Labute approximate surface area is 198 Å². The zero-order chi connectivity index (χ0) is 23.8. The minimum Gasteiger partial charge on any atom is -0.482 e. The third-order valence-corrected chi connectivity index (χ3v) is 8.53. The third-order valence-electron chi connectivity index (χ3n) is 6.01. The average Bonchev–Trinajstić information content (AvgIpc) is 2.78. The Bertz CT molecular complexity index is 1190. The van der Waals surface area contributed by atoms with E-state index in [9.17, 15) is 18.0 Å². The van der Waals surface area contributed by atoms with Gasteiger partial charge >= 0.3 is 0 Å². The van der Waals surface area contributed by atoms with Crippen molar-refractivity contribution in [1.82, 2.24) is 4.90 Å². The molecule has 1 N–H and O–H groups in total. The molecule has 10 heteroatoms. The number of anilines is 2. The second kappa shape index (κ2) is 9.23. The number of nitrogens with zero attached hydrogens (tertiary/aromatic N) is 2. The number of amides is 2. The van der Waals surface area contributed by atoms with Crippen molar-refractivity contribution in [3.8, 4) is 5.75 Å². The smallest absolute Gasteiger partial charge is 0.262 e. The Balaban J connectivity index is 1.41. The van der Waals surface area contributed by atoms with E-state index >= 15 is 0 Å². The van der Waals surface area contributed by atoms with Crippen LogP contribution < -0.4 is 15.0 Å². The molecule has 0 unspecified atom stereocenters. The Kier molecular flexibility index (Phi) is 6.54. The maximum atomic E-state index is 13.3.